The number of hydrogen-bond acceptors (Lipinski definition) is 4. The molecule has 0 atom stereocenters. The van der Waals surface area contributed by atoms with Crippen LogP contribution in [0.1, 0.15) is 5.56 Å². The third-order valence-corrected chi connectivity index (χ3v) is 2.10. The van der Waals surface area contributed by atoms with Gasteiger partial charge in [-0.3, -0.25) is 0 Å². The molecule has 0 aliphatic heterocycles. The van der Waals surface area contributed by atoms with Gasteiger partial charge in [0.2, 0.25) is 0 Å². The number of nitrogen functional groups attached to an aromatic ring is 1. The minimum absolute atomic E-state index is 0.345. The molecule has 2 N–H and O–H groups in total. The third-order valence-electron chi connectivity index (χ3n) is 2.10. The molecule has 4 nitrogen and oxygen atoms in total. The molecule has 4 heteroatoms. The number of benzene rings is 1. The summed E-state index contributed by atoms with van der Waals surface area (Å²) in [6, 6.07) is 5.51. The van der Waals surface area contributed by atoms with Gasteiger partial charge in [-0.05, 0) is 30.7 Å². The fourth-order valence-corrected chi connectivity index (χ4v) is 1.22. The van der Waals surface area contributed by atoms with Crippen LogP contribution in [0.3, 0.4) is 0 Å². The summed E-state index contributed by atoms with van der Waals surface area (Å²) in [5, 5.41) is 0. The van der Waals surface area contributed by atoms with E-state index >= 15 is 0 Å². The van der Waals surface area contributed by atoms with Crippen LogP contribution in [0.15, 0.2) is 18.2 Å². The maximum absolute atomic E-state index is 5.63. The van der Waals surface area contributed by atoms with Crippen molar-refractivity contribution in [1.82, 2.24) is 0 Å². The molecule has 0 unspecified atom stereocenters. The molecule has 0 heterocycles. The van der Waals surface area contributed by atoms with Crippen molar-refractivity contribution >= 4 is 5.69 Å². The Morgan fingerprint density at radius 1 is 1.27 bits per heavy atom. The Labute approximate surface area is 89.9 Å². The second kappa shape index (κ2) is 5.58. The average molecular weight is 211 g/mol. The van der Waals surface area contributed by atoms with Crippen LogP contribution in [0.2, 0.25) is 0 Å². The zero-order valence-electron chi connectivity index (χ0n) is 9.32. The largest absolute Gasteiger partial charge is 0.488 e. The van der Waals surface area contributed by atoms with E-state index in [0.29, 0.717) is 6.61 Å². The fourth-order valence-electron chi connectivity index (χ4n) is 1.22. The molecule has 0 aromatic heterocycles. The van der Waals surface area contributed by atoms with Crippen LogP contribution < -0.4 is 10.5 Å². The monoisotopic (exact) mass is 211 g/mol. The molecule has 0 fully saturated rings. The van der Waals surface area contributed by atoms with Gasteiger partial charge < -0.3 is 19.9 Å². The van der Waals surface area contributed by atoms with Crippen LogP contribution in [0.5, 0.6) is 5.75 Å². The van der Waals surface area contributed by atoms with Gasteiger partial charge in [-0.25, -0.2) is 0 Å². The summed E-state index contributed by atoms with van der Waals surface area (Å²) in [7, 11) is 3.15. The van der Waals surface area contributed by atoms with E-state index in [-0.39, 0.29) is 6.29 Å². The maximum Gasteiger partial charge on any atom is 0.191 e. The number of anilines is 1. The molecule has 0 bridgehead atoms. The number of aryl methyl sites for hydroxylation is 1. The van der Waals surface area contributed by atoms with E-state index < -0.39 is 0 Å². The summed E-state index contributed by atoms with van der Waals surface area (Å²) in [5.41, 5.74) is 7.36. The van der Waals surface area contributed by atoms with E-state index in [9.17, 15) is 0 Å². The third kappa shape index (κ3) is 3.42. The highest BCUT2D eigenvalue weighted by Gasteiger charge is 2.07. The smallest absolute Gasteiger partial charge is 0.191 e. The van der Waals surface area contributed by atoms with E-state index in [1.165, 1.54) is 0 Å². The van der Waals surface area contributed by atoms with Gasteiger partial charge in [-0.2, -0.15) is 0 Å². The predicted octanol–water partition coefficient (Wildman–Crippen LogP) is 1.57. The highest BCUT2D eigenvalue weighted by Crippen LogP contribution is 2.20. The Bertz CT molecular complexity index is 311. The van der Waals surface area contributed by atoms with Gasteiger partial charge in [0.25, 0.3) is 0 Å². The summed E-state index contributed by atoms with van der Waals surface area (Å²) < 4.78 is 15.6. The molecule has 1 aromatic rings. The number of nitrogens with two attached hydrogens (primary N) is 1. The number of ether oxygens (including phenoxy) is 3. The van der Waals surface area contributed by atoms with E-state index in [0.717, 1.165) is 17.0 Å². The van der Waals surface area contributed by atoms with Crippen molar-refractivity contribution in [1.29, 1.82) is 0 Å². The lowest BCUT2D eigenvalue weighted by atomic mass is 10.2. The molecule has 0 radical (unpaired) electrons. The summed E-state index contributed by atoms with van der Waals surface area (Å²) in [5.74, 6) is 0.795. The van der Waals surface area contributed by atoms with Gasteiger partial charge in [0, 0.05) is 19.9 Å². The van der Waals surface area contributed by atoms with Crippen molar-refractivity contribution in [2.24, 2.45) is 0 Å². The van der Waals surface area contributed by atoms with Crippen LogP contribution in [0.4, 0.5) is 5.69 Å². The highest BCUT2D eigenvalue weighted by atomic mass is 16.7. The normalized spacial score (nSPS) is 10.7. The van der Waals surface area contributed by atoms with Gasteiger partial charge in [0.1, 0.15) is 12.4 Å². The zero-order valence-corrected chi connectivity index (χ0v) is 9.32. The summed E-state index contributed by atoms with van der Waals surface area (Å²) >= 11 is 0. The molecule has 0 spiro atoms. The van der Waals surface area contributed by atoms with Gasteiger partial charge in [-0.15, -0.1) is 0 Å². The lowest BCUT2D eigenvalue weighted by Gasteiger charge is -2.15. The molecular formula is C11H17NO3. The first kappa shape index (κ1) is 11.8. The first-order chi connectivity index (χ1) is 7.17. The molecular weight excluding hydrogens is 194 g/mol. The van der Waals surface area contributed by atoms with Gasteiger partial charge >= 0.3 is 0 Å². The Balaban J connectivity index is 2.57. The Morgan fingerprint density at radius 3 is 2.47 bits per heavy atom. The Hall–Kier alpha value is -1.26. The summed E-state index contributed by atoms with van der Waals surface area (Å²) in [6.07, 6.45) is -0.345. The van der Waals surface area contributed by atoms with E-state index in [1.807, 2.05) is 19.1 Å². The van der Waals surface area contributed by atoms with Crippen LogP contribution in [0.25, 0.3) is 0 Å². The van der Waals surface area contributed by atoms with Crippen LogP contribution in [0, 0.1) is 6.92 Å². The van der Waals surface area contributed by atoms with Gasteiger partial charge in [0.15, 0.2) is 6.29 Å². The lowest BCUT2D eigenvalue weighted by molar-refractivity contribution is -0.122. The van der Waals surface area contributed by atoms with Crippen molar-refractivity contribution in [2.45, 2.75) is 13.2 Å². The molecule has 0 saturated carbocycles. The van der Waals surface area contributed by atoms with Crippen molar-refractivity contribution in [3.05, 3.63) is 23.8 Å². The summed E-state index contributed by atoms with van der Waals surface area (Å²) in [4.78, 5) is 0. The molecule has 15 heavy (non-hydrogen) atoms. The molecule has 84 valence electrons. The number of rotatable bonds is 5. The van der Waals surface area contributed by atoms with Crippen LogP contribution >= 0.6 is 0 Å². The van der Waals surface area contributed by atoms with Crippen molar-refractivity contribution in [2.75, 3.05) is 26.6 Å². The minimum atomic E-state index is -0.345. The SMILES string of the molecule is COC(COc1ccc(N)cc1C)OC. The predicted molar refractivity (Wildman–Crippen MR) is 58.9 cm³/mol. The first-order valence-corrected chi connectivity index (χ1v) is 4.72. The molecule has 0 aliphatic rings. The quantitative estimate of drug-likeness (QED) is 0.593. The number of methoxy groups -OCH3 is 2. The Morgan fingerprint density at radius 2 is 1.93 bits per heavy atom. The van der Waals surface area contributed by atoms with E-state index in [2.05, 4.69) is 0 Å². The lowest BCUT2D eigenvalue weighted by Crippen LogP contribution is -2.22. The fraction of sp³-hybridized carbons (Fsp3) is 0.455. The zero-order chi connectivity index (χ0) is 11.3. The van der Waals surface area contributed by atoms with Gasteiger partial charge in [-0.1, -0.05) is 0 Å². The van der Waals surface area contributed by atoms with E-state index in [1.54, 1.807) is 20.3 Å². The topological polar surface area (TPSA) is 53.7 Å². The second-order valence-corrected chi connectivity index (χ2v) is 3.24. The average Bonchev–Trinajstić information content (AvgIpc) is 2.22. The molecule has 0 saturated heterocycles. The standard InChI is InChI=1S/C11H17NO3/c1-8-6-9(12)4-5-10(8)15-7-11(13-2)14-3/h4-6,11H,7,12H2,1-3H3. The summed E-state index contributed by atoms with van der Waals surface area (Å²) in [6.45, 7) is 2.30. The second-order valence-electron chi connectivity index (χ2n) is 3.24. The van der Waals surface area contributed by atoms with Gasteiger partial charge in [0.05, 0.1) is 0 Å². The van der Waals surface area contributed by atoms with Crippen LogP contribution in [-0.4, -0.2) is 27.1 Å². The van der Waals surface area contributed by atoms with Crippen LogP contribution in [-0.2, 0) is 9.47 Å². The van der Waals surface area contributed by atoms with Crippen molar-refractivity contribution in [3.63, 3.8) is 0 Å². The first-order valence-electron chi connectivity index (χ1n) is 4.72. The molecule has 1 rings (SSSR count). The highest BCUT2D eigenvalue weighted by molar-refractivity contribution is 5.47. The Kier molecular flexibility index (Phi) is 4.39. The molecule has 1 aromatic carbocycles. The van der Waals surface area contributed by atoms with Crippen molar-refractivity contribution < 1.29 is 14.2 Å². The van der Waals surface area contributed by atoms with E-state index in [4.69, 9.17) is 19.9 Å². The van der Waals surface area contributed by atoms with Crippen molar-refractivity contribution in [3.8, 4) is 5.75 Å². The number of hydrogen-bond donors (Lipinski definition) is 1. The minimum Gasteiger partial charge on any atom is -0.488 e. The molecule has 0 aliphatic carbocycles. The maximum atomic E-state index is 5.63. The molecule has 0 amide bonds.